The first-order valence-corrected chi connectivity index (χ1v) is 6.06. The zero-order valence-corrected chi connectivity index (χ0v) is 11.0. The summed E-state index contributed by atoms with van der Waals surface area (Å²) in [7, 11) is 0. The van der Waals surface area contributed by atoms with Crippen molar-refractivity contribution in [3.8, 4) is 0 Å². The van der Waals surface area contributed by atoms with Crippen molar-refractivity contribution in [2.45, 2.75) is 32.2 Å². The van der Waals surface area contributed by atoms with Gasteiger partial charge in [-0.15, -0.1) is 6.58 Å². The number of hydrogen-bond donors (Lipinski definition) is 2. The Morgan fingerprint density at radius 1 is 1.58 bits per heavy atom. The number of nitrogens with zero attached hydrogens (tertiary/aromatic N) is 2. The Bertz CT molecular complexity index is 541. The molecule has 6 heteroatoms. The number of aliphatic carboxylic acids is 1. The standard InChI is InChI=1S/C13H17N3O3/c1-4-13(6-7-13)10(17)14-9-5-8-16(15-9)12(2,3)11(18)19/h4-5,8H,1,6-7H2,2-3H3,(H,18,19)(H,14,15,17). The van der Waals surface area contributed by atoms with Crippen LogP contribution in [0, 0.1) is 5.41 Å². The highest BCUT2D eigenvalue weighted by Gasteiger charge is 2.47. The van der Waals surface area contributed by atoms with Gasteiger partial charge >= 0.3 is 5.97 Å². The lowest BCUT2D eigenvalue weighted by Crippen LogP contribution is -2.36. The van der Waals surface area contributed by atoms with Gasteiger partial charge in [-0.3, -0.25) is 9.48 Å². The number of amides is 1. The van der Waals surface area contributed by atoms with Gasteiger partial charge in [0.2, 0.25) is 5.91 Å². The van der Waals surface area contributed by atoms with Crippen LogP contribution in [0.1, 0.15) is 26.7 Å². The largest absolute Gasteiger partial charge is 0.479 e. The Kier molecular flexibility index (Phi) is 2.96. The van der Waals surface area contributed by atoms with E-state index in [-0.39, 0.29) is 5.91 Å². The molecule has 0 atom stereocenters. The summed E-state index contributed by atoms with van der Waals surface area (Å²) in [5, 5.41) is 15.9. The molecule has 1 aromatic rings. The number of nitrogens with one attached hydrogen (secondary N) is 1. The van der Waals surface area contributed by atoms with E-state index in [4.69, 9.17) is 5.11 Å². The molecule has 1 aliphatic carbocycles. The molecule has 0 unspecified atom stereocenters. The third-order valence-corrected chi connectivity index (χ3v) is 3.56. The molecule has 1 saturated carbocycles. The summed E-state index contributed by atoms with van der Waals surface area (Å²) in [5.41, 5.74) is -1.62. The van der Waals surface area contributed by atoms with Gasteiger partial charge in [0.15, 0.2) is 11.4 Å². The van der Waals surface area contributed by atoms with Gasteiger partial charge in [-0.05, 0) is 26.7 Å². The molecule has 1 amide bonds. The fourth-order valence-corrected chi connectivity index (χ4v) is 1.70. The van der Waals surface area contributed by atoms with Gasteiger partial charge < -0.3 is 10.4 Å². The van der Waals surface area contributed by atoms with Crippen LogP contribution in [0.3, 0.4) is 0 Å². The third-order valence-electron chi connectivity index (χ3n) is 3.56. The van der Waals surface area contributed by atoms with Crippen molar-refractivity contribution < 1.29 is 14.7 Å². The van der Waals surface area contributed by atoms with Gasteiger partial charge in [0.25, 0.3) is 0 Å². The van der Waals surface area contributed by atoms with Crippen LogP contribution in [0.5, 0.6) is 0 Å². The Morgan fingerprint density at radius 2 is 2.21 bits per heavy atom. The molecule has 2 rings (SSSR count). The van der Waals surface area contributed by atoms with Crippen LogP contribution in [0.25, 0.3) is 0 Å². The number of rotatable bonds is 5. The van der Waals surface area contributed by atoms with Crippen LogP contribution >= 0.6 is 0 Å². The minimum atomic E-state index is -1.15. The summed E-state index contributed by atoms with van der Waals surface area (Å²) in [6.07, 6.45) is 4.78. The molecule has 0 radical (unpaired) electrons. The smallest absolute Gasteiger partial charge is 0.331 e. The second-order valence-electron chi connectivity index (χ2n) is 5.32. The second kappa shape index (κ2) is 4.22. The van der Waals surface area contributed by atoms with Crippen molar-refractivity contribution in [2.24, 2.45) is 5.41 Å². The van der Waals surface area contributed by atoms with E-state index < -0.39 is 16.9 Å². The molecular formula is C13H17N3O3. The maximum Gasteiger partial charge on any atom is 0.331 e. The van der Waals surface area contributed by atoms with E-state index in [1.54, 1.807) is 26.0 Å². The zero-order chi connectivity index (χ0) is 14.3. The zero-order valence-electron chi connectivity index (χ0n) is 11.0. The lowest BCUT2D eigenvalue weighted by Gasteiger charge is -2.19. The lowest BCUT2D eigenvalue weighted by molar-refractivity contribution is -0.146. The SMILES string of the molecule is C=CC1(C(=O)Nc2ccn(C(C)(C)C(=O)O)n2)CC1. The molecule has 0 aromatic carbocycles. The monoisotopic (exact) mass is 263 g/mol. The lowest BCUT2D eigenvalue weighted by atomic mass is 10.1. The van der Waals surface area contributed by atoms with Crippen LogP contribution in [-0.2, 0) is 15.1 Å². The van der Waals surface area contributed by atoms with Gasteiger partial charge in [0.1, 0.15) is 0 Å². The van der Waals surface area contributed by atoms with E-state index in [0.29, 0.717) is 5.82 Å². The summed E-state index contributed by atoms with van der Waals surface area (Å²) in [6, 6.07) is 1.59. The van der Waals surface area contributed by atoms with Crippen molar-refractivity contribution >= 4 is 17.7 Å². The molecule has 1 aliphatic rings. The van der Waals surface area contributed by atoms with Gasteiger partial charge in [-0.25, -0.2) is 4.79 Å². The normalized spacial score (nSPS) is 16.7. The van der Waals surface area contributed by atoms with Crippen molar-refractivity contribution in [2.75, 3.05) is 5.32 Å². The number of hydrogen-bond acceptors (Lipinski definition) is 3. The summed E-state index contributed by atoms with van der Waals surface area (Å²) in [5.74, 6) is -0.772. The Hall–Kier alpha value is -2.11. The number of carboxylic acid groups (broad SMARTS) is 1. The maximum atomic E-state index is 12.0. The van der Waals surface area contributed by atoms with E-state index in [9.17, 15) is 9.59 Å². The average Bonchev–Trinajstić information content (AvgIpc) is 3.02. The first-order chi connectivity index (χ1) is 8.82. The van der Waals surface area contributed by atoms with E-state index in [0.717, 1.165) is 12.8 Å². The van der Waals surface area contributed by atoms with E-state index in [1.165, 1.54) is 10.9 Å². The summed E-state index contributed by atoms with van der Waals surface area (Å²) in [6.45, 7) is 6.74. The van der Waals surface area contributed by atoms with Gasteiger partial charge in [0.05, 0.1) is 5.41 Å². The number of anilines is 1. The molecule has 6 nitrogen and oxygen atoms in total. The molecule has 2 N–H and O–H groups in total. The van der Waals surface area contributed by atoms with Crippen molar-refractivity contribution in [3.05, 3.63) is 24.9 Å². The number of carboxylic acids is 1. The predicted molar refractivity (Wildman–Crippen MR) is 69.7 cm³/mol. The number of carbonyl (C=O) groups excluding carboxylic acids is 1. The summed E-state index contributed by atoms with van der Waals surface area (Å²) < 4.78 is 1.32. The fourth-order valence-electron chi connectivity index (χ4n) is 1.70. The minimum absolute atomic E-state index is 0.138. The molecule has 19 heavy (non-hydrogen) atoms. The fraction of sp³-hybridized carbons (Fsp3) is 0.462. The van der Waals surface area contributed by atoms with Gasteiger partial charge in [0, 0.05) is 12.3 Å². The van der Waals surface area contributed by atoms with Crippen LogP contribution < -0.4 is 5.32 Å². The average molecular weight is 263 g/mol. The van der Waals surface area contributed by atoms with Crippen LogP contribution in [-0.4, -0.2) is 26.8 Å². The first kappa shape index (κ1) is 13.3. The minimum Gasteiger partial charge on any atom is -0.479 e. The van der Waals surface area contributed by atoms with Crippen molar-refractivity contribution in [1.29, 1.82) is 0 Å². The molecule has 102 valence electrons. The van der Waals surface area contributed by atoms with Gasteiger partial charge in [-0.1, -0.05) is 6.08 Å². The van der Waals surface area contributed by atoms with Crippen LogP contribution in [0.15, 0.2) is 24.9 Å². The van der Waals surface area contributed by atoms with Crippen molar-refractivity contribution in [3.63, 3.8) is 0 Å². The summed E-state index contributed by atoms with van der Waals surface area (Å²) >= 11 is 0. The highest BCUT2D eigenvalue weighted by atomic mass is 16.4. The number of carbonyl (C=O) groups is 2. The molecule has 1 heterocycles. The second-order valence-corrected chi connectivity index (χ2v) is 5.32. The highest BCUT2D eigenvalue weighted by Crippen LogP contribution is 2.47. The van der Waals surface area contributed by atoms with Crippen LogP contribution in [0.4, 0.5) is 5.82 Å². The highest BCUT2D eigenvalue weighted by molar-refractivity contribution is 5.97. The predicted octanol–water partition coefficient (Wildman–Crippen LogP) is 1.61. The van der Waals surface area contributed by atoms with Gasteiger partial charge in [-0.2, -0.15) is 5.10 Å². The third kappa shape index (κ3) is 2.25. The topological polar surface area (TPSA) is 84.2 Å². The van der Waals surface area contributed by atoms with Crippen molar-refractivity contribution in [1.82, 2.24) is 9.78 Å². The molecule has 0 saturated heterocycles. The van der Waals surface area contributed by atoms with E-state index >= 15 is 0 Å². The maximum absolute atomic E-state index is 12.0. The molecular weight excluding hydrogens is 246 g/mol. The first-order valence-electron chi connectivity index (χ1n) is 6.06. The van der Waals surface area contributed by atoms with E-state index in [2.05, 4.69) is 17.0 Å². The van der Waals surface area contributed by atoms with Crippen LogP contribution in [0.2, 0.25) is 0 Å². The molecule has 1 aromatic heterocycles. The molecule has 0 spiro atoms. The Morgan fingerprint density at radius 3 is 2.68 bits per heavy atom. The molecule has 1 fully saturated rings. The molecule has 0 aliphatic heterocycles. The van der Waals surface area contributed by atoms with E-state index in [1.807, 2.05) is 0 Å². The Balaban J connectivity index is 2.12. The molecule has 0 bridgehead atoms. The Labute approximate surface area is 111 Å². The quantitative estimate of drug-likeness (QED) is 0.790. The summed E-state index contributed by atoms with van der Waals surface area (Å²) in [4.78, 5) is 23.1. The number of aromatic nitrogens is 2.